The molecular weight excluding hydrogens is 591 g/mol. The fraction of sp³-hybridized carbons (Fsp3) is 0.344. The molecule has 10 nitrogen and oxygen atoms in total. The molecule has 0 spiro atoms. The summed E-state index contributed by atoms with van der Waals surface area (Å²) in [7, 11) is 3.05. The smallest absolute Gasteiger partial charge is 0.163 e. The summed E-state index contributed by atoms with van der Waals surface area (Å²) in [5, 5.41) is 11.8. The fourth-order valence-corrected chi connectivity index (χ4v) is 4.34. The first-order valence-corrected chi connectivity index (χ1v) is 14.6. The van der Waals surface area contributed by atoms with Gasteiger partial charge in [0.05, 0.1) is 23.8 Å². The number of carbonyl (C=O) groups excluding carboxylic acids is 1. The first-order valence-electron chi connectivity index (χ1n) is 14.2. The second-order valence-electron chi connectivity index (χ2n) is 9.51. The molecule has 44 heavy (non-hydrogen) atoms. The molecule has 0 saturated heterocycles. The predicted octanol–water partition coefficient (Wildman–Crippen LogP) is 6.89. The van der Waals surface area contributed by atoms with Crippen molar-refractivity contribution in [1.29, 1.82) is 0 Å². The summed E-state index contributed by atoms with van der Waals surface area (Å²) in [6.07, 6.45) is 6.72. The first-order chi connectivity index (χ1) is 21.5. The van der Waals surface area contributed by atoms with Crippen molar-refractivity contribution in [3.8, 4) is 17.2 Å². The summed E-state index contributed by atoms with van der Waals surface area (Å²) in [5.74, 6) is 1.89. The zero-order chi connectivity index (χ0) is 31.6. The predicted molar refractivity (Wildman–Crippen MR) is 168 cm³/mol. The Balaban J connectivity index is 0.00000169. The van der Waals surface area contributed by atoms with Crippen LogP contribution in [0.3, 0.4) is 0 Å². The van der Waals surface area contributed by atoms with Crippen molar-refractivity contribution < 1.29 is 33.3 Å². The number of aromatic nitrogens is 2. The molecule has 0 fully saturated rings. The summed E-state index contributed by atoms with van der Waals surface area (Å²) in [5.41, 5.74) is 3.83. The molecule has 12 heteroatoms. The Bertz CT molecular complexity index is 1460. The number of fused-ring (bicyclic) bond motifs is 1. The number of ether oxygens (including phenoxy) is 4. The largest absolute Gasteiger partial charge is 0.490 e. The van der Waals surface area contributed by atoms with Gasteiger partial charge in [-0.15, -0.1) is 0 Å². The summed E-state index contributed by atoms with van der Waals surface area (Å²) in [4.78, 5) is 19.4. The Morgan fingerprint density at radius 1 is 0.909 bits per heavy atom. The molecule has 0 radical (unpaired) electrons. The molecule has 4 rings (SSSR count). The van der Waals surface area contributed by atoms with Gasteiger partial charge in [0.1, 0.15) is 43.2 Å². The zero-order valence-corrected chi connectivity index (χ0v) is 25.6. The van der Waals surface area contributed by atoms with Crippen molar-refractivity contribution >= 4 is 40.3 Å². The van der Waals surface area contributed by atoms with Crippen LogP contribution >= 0.6 is 11.6 Å². The van der Waals surface area contributed by atoms with E-state index in [0.29, 0.717) is 71.1 Å². The van der Waals surface area contributed by atoms with Gasteiger partial charge in [0.2, 0.25) is 0 Å². The number of benzene rings is 3. The van der Waals surface area contributed by atoms with Crippen molar-refractivity contribution in [3.05, 3.63) is 77.3 Å². The lowest BCUT2D eigenvalue weighted by atomic mass is 10.1. The van der Waals surface area contributed by atoms with Crippen molar-refractivity contribution in [1.82, 2.24) is 15.4 Å². The summed E-state index contributed by atoms with van der Waals surface area (Å²) in [6, 6.07) is 15.2. The van der Waals surface area contributed by atoms with Gasteiger partial charge in [0, 0.05) is 37.7 Å². The molecule has 0 amide bonds. The van der Waals surface area contributed by atoms with E-state index >= 15 is 0 Å². The SMILES string of the molecule is CNO.COCCOc1cc2ncnc(Nc3ccc(OCc4cccc(F)c4)c(Cl)c3)c2cc1OCCCCCCC=O. The van der Waals surface area contributed by atoms with E-state index in [4.69, 9.17) is 35.8 Å². The maximum absolute atomic E-state index is 13.5. The summed E-state index contributed by atoms with van der Waals surface area (Å²) < 4.78 is 36.4. The van der Waals surface area contributed by atoms with Crippen LogP contribution in [0.15, 0.2) is 60.9 Å². The number of hydrogen-bond acceptors (Lipinski definition) is 10. The number of halogens is 2. The number of hydroxylamine groups is 1. The van der Waals surface area contributed by atoms with Crippen LogP contribution in [-0.4, -0.2) is 55.4 Å². The molecule has 0 saturated carbocycles. The third-order valence-electron chi connectivity index (χ3n) is 6.20. The summed E-state index contributed by atoms with van der Waals surface area (Å²) >= 11 is 6.49. The average molecular weight is 629 g/mol. The molecule has 0 bridgehead atoms. The Morgan fingerprint density at radius 3 is 2.43 bits per heavy atom. The highest BCUT2D eigenvalue weighted by atomic mass is 35.5. The number of carbonyl (C=O) groups is 1. The number of aldehydes is 1. The van der Waals surface area contributed by atoms with Crippen LogP contribution in [0.4, 0.5) is 15.9 Å². The maximum Gasteiger partial charge on any atom is 0.163 e. The van der Waals surface area contributed by atoms with Crippen LogP contribution in [0.1, 0.15) is 37.7 Å². The van der Waals surface area contributed by atoms with Gasteiger partial charge in [-0.25, -0.2) is 19.8 Å². The second kappa shape index (κ2) is 19.3. The molecule has 0 unspecified atom stereocenters. The number of rotatable bonds is 17. The van der Waals surface area contributed by atoms with Gasteiger partial charge in [-0.3, -0.25) is 0 Å². The molecule has 3 N–H and O–H groups in total. The second-order valence-corrected chi connectivity index (χ2v) is 9.92. The number of anilines is 2. The summed E-state index contributed by atoms with van der Waals surface area (Å²) in [6.45, 7) is 1.51. The van der Waals surface area contributed by atoms with Crippen molar-refractivity contribution in [2.75, 3.05) is 39.3 Å². The highest BCUT2D eigenvalue weighted by molar-refractivity contribution is 6.32. The van der Waals surface area contributed by atoms with Gasteiger partial charge in [-0.05, 0) is 54.8 Å². The Labute approximate surface area is 261 Å². The van der Waals surface area contributed by atoms with Gasteiger partial charge in [-0.1, -0.05) is 36.6 Å². The Kier molecular flexibility index (Phi) is 15.1. The lowest BCUT2D eigenvalue weighted by Crippen LogP contribution is -2.07. The van der Waals surface area contributed by atoms with E-state index in [1.165, 1.54) is 25.5 Å². The quantitative estimate of drug-likeness (QED) is 0.0646. The molecular formula is C32H38ClFN4O6. The lowest BCUT2D eigenvalue weighted by Gasteiger charge is -2.16. The van der Waals surface area contributed by atoms with Crippen LogP contribution < -0.4 is 25.0 Å². The molecule has 4 aromatic rings. The molecule has 236 valence electrons. The number of unbranched alkanes of at least 4 members (excludes halogenated alkanes) is 4. The van der Waals surface area contributed by atoms with Crippen LogP contribution in [-0.2, 0) is 16.1 Å². The molecule has 3 aromatic carbocycles. The number of nitrogens with one attached hydrogen (secondary N) is 2. The number of hydrogen-bond donors (Lipinski definition) is 3. The maximum atomic E-state index is 13.5. The van der Waals surface area contributed by atoms with Crippen molar-refractivity contribution in [2.24, 2.45) is 0 Å². The third kappa shape index (κ3) is 11.2. The highest BCUT2D eigenvalue weighted by Gasteiger charge is 2.14. The van der Waals surface area contributed by atoms with Crippen LogP contribution in [0.5, 0.6) is 17.2 Å². The minimum Gasteiger partial charge on any atom is -0.490 e. The average Bonchev–Trinajstić information content (AvgIpc) is 3.01. The normalized spacial score (nSPS) is 10.6. The molecule has 0 atom stereocenters. The molecule has 0 aliphatic rings. The Morgan fingerprint density at radius 2 is 1.68 bits per heavy atom. The van der Waals surface area contributed by atoms with Crippen molar-refractivity contribution in [2.45, 2.75) is 38.7 Å². The zero-order valence-electron chi connectivity index (χ0n) is 24.9. The van der Waals surface area contributed by atoms with E-state index in [9.17, 15) is 9.18 Å². The van der Waals surface area contributed by atoms with E-state index in [0.717, 1.165) is 37.4 Å². The molecule has 1 heterocycles. The van der Waals surface area contributed by atoms with Crippen LogP contribution in [0.25, 0.3) is 10.9 Å². The molecule has 0 aliphatic carbocycles. The lowest BCUT2D eigenvalue weighted by molar-refractivity contribution is -0.107. The van der Waals surface area contributed by atoms with E-state index in [-0.39, 0.29) is 12.4 Å². The first kappa shape index (κ1) is 34.5. The standard InChI is InChI=1S/C31H33ClFN3O5.CH5NO/c1-38-14-15-40-30-19-27-25(18-29(30)39-13-6-4-2-3-5-12-37)31(35-21-34-27)36-24-10-11-28(26(32)17-24)41-20-22-8-7-9-23(33)16-22;1-2-3/h7-12,16-19,21H,2-6,13-15,20H2,1H3,(H,34,35,36);2-3H,1H3. The van der Waals surface area contributed by atoms with E-state index < -0.39 is 0 Å². The van der Waals surface area contributed by atoms with E-state index in [1.807, 2.05) is 18.2 Å². The molecule has 1 aromatic heterocycles. The van der Waals surface area contributed by atoms with Crippen LogP contribution in [0.2, 0.25) is 5.02 Å². The Hall–Kier alpha value is -4.03. The van der Waals surface area contributed by atoms with Gasteiger partial charge < -0.3 is 34.3 Å². The van der Waals surface area contributed by atoms with E-state index in [1.54, 1.807) is 36.9 Å². The van der Waals surface area contributed by atoms with Gasteiger partial charge in [0.15, 0.2) is 11.5 Å². The minimum absolute atomic E-state index is 0.192. The third-order valence-corrected chi connectivity index (χ3v) is 6.49. The van der Waals surface area contributed by atoms with Crippen LogP contribution in [0, 0.1) is 5.82 Å². The molecule has 0 aliphatic heterocycles. The highest BCUT2D eigenvalue weighted by Crippen LogP contribution is 2.36. The van der Waals surface area contributed by atoms with Gasteiger partial charge in [-0.2, -0.15) is 0 Å². The van der Waals surface area contributed by atoms with Crippen molar-refractivity contribution in [3.63, 3.8) is 0 Å². The number of nitrogens with zero attached hydrogens (tertiary/aromatic N) is 2. The monoisotopic (exact) mass is 628 g/mol. The number of methoxy groups -OCH3 is 1. The van der Waals surface area contributed by atoms with Gasteiger partial charge in [0.25, 0.3) is 0 Å². The fourth-order valence-electron chi connectivity index (χ4n) is 4.11. The topological polar surface area (TPSA) is 124 Å². The minimum atomic E-state index is -0.317. The van der Waals surface area contributed by atoms with E-state index in [2.05, 4.69) is 15.3 Å². The van der Waals surface area contributed by atoms with Gasteiger partial charge >= 0.3 is 0 Å².